The summed E-state index contributed by atoms with van der Waals surface area (Å²) in [7, 11) is 4.81. The Morgan fingerprint density at radius 3 is 2.24 bits per heavy atom. The lowest BCUT2D eigenvalue weighted by atomic mass is 10.5. The Hall–Kier alpha value is -0.880. The predicted molar refractivity (Wildman–Crippen MR) is 108 cm³/mol. The first-order valence-corrected chi connectivity index (χ1v) is 11.7. The van der Waals surface area contributed by atoms with Crippen molar-refractivity contribution in [1.82, 2.24) is 19.9 Å². The highest BCUT2D eigenvalue weighted by atomic mass is 36.0. The first-order valence-electron chi connectivity index (χ1n) is 6.17. The van der Waals surface area contributed by atoms with E-state index in [2.05, 4.69) is 41.3 Å². The van der Waals surface area contributed by atoms with Crippen LogP contribution in [0.1, 0.15) is 0 Å². The van der Waals surface area contributed by atoms with Crippen LogP contribution >= 0.6 is 67.9 Å². The highest BCUT2D eigenvalue weighted by Gasteiger charge is 1.98. The van der Waals surface area contributed by atoms with Gasteiger partial charge in [-0.25, -0.2) is 15.0 Å². The third kappa shape index (κ3) is 7.48. The van der Waals surface area contributed by atoms with Crippen LogP contribution in [0.3, 0.4) is 0 Å². The summed E-state index contributed by atoms with van der Waals surface area (Å²) in [4.78, 5) is 15.1. The first-order chi connectivity index (χ1) is 11.7. The maximum atomic E-state index is 9.16. The van der Waals surface area contributed by atoms with Gasteiger partial charge in [0, 0.05) is 33.8 Å². The Morgan fingerprint density at radius 1 is 1.04 bits per heavy atom. The molecule has 0 aliphatic rings. The minimum atomic E-state index is -3.72. The second-order valence-electron chi connectivity index (χ2n) is 4.03. The summed E-state index contributed by atoms with van der Waals surface area (Å²) in [5.74, 6) is 0. The third-order valence-electron chi connectivity index (χ3n) is 2.33. The maximum Gasteiger partial charge on any atom is 0.317 e. The van der Waals surface area contributed by atoms with E-state index in [1.54, 1.807) is 23.7 Å². The molecule has 0 radical (unpaired) electrons. The molecule has 4 heterocycles. The molecule has 0 unspecified atom stereocenters. The van der Waals surface area contributed by atoms with E-state index in [9.17, 15) is 0 Å². The predicted octanol–water partition coefficient (Wildman–Crippen LogP) is 5.41. The van der Waals surface area contributed by atoms with Gasteiger partial charge in [0.15, 0.2) is 14.1 Å². The molecule has 0 fully saturated rings. The quantitative estimate of drug-likeness (QED) is 0.271. The Labute approximate surface area is 169 Å². The lowest BCUT2D eigenvalue weighted by Gasteiger charge is -1.81. The van der Waals surface area contributed by atoms with Gasteiger partial charge in [-0.15, -0.1) is 22.7 Å². The molecule has 0 atom stereocenters. The van der Waals surface area contributed by atoms with Crippen molar-refractivity contribution in [1.29, 1.82) is 0 Å². The number of hydrogen-bond acceptors (Lipinski definition) is 8. The molecular weight excluding hydrogens is 467 g/mol. The van der Waals surface area contributed by atoms with Gasteiger partial charge in [0.05, 0.1) is 9.40 Å². The van der Waals surface area contributed by atoms with Crippen molar-refractivity contribution in [3.05, 3.63) is 45.1 Å². The summed E-state index contributed by atoms with van der Waals surface area (Å²) < 4.78 is 21.8. The topological polar surface area (TPSA) is 88.6 Å². The minimum Gasteiger partial charge on any atom is -0.322 e. The lowest BCUT2D eigenvalue weighted by Crippen LogP contribution is -1.70. The molecule has 1 N–H and O–H groups in total. The van der Waals surface area contributed by atoms with Gasteiger partial charge >= 0.3 is 8.26 Å². The summed E-state index contributed by atoms with van der Waals surface area (Å²) in [6, 6.07) is 7.73. The van der Waals surface area contributed by atoms with Crippen molar-refractivity contribution in [2.24, 2.45) is 0 Å². The fourth-order valence-electron chi connectivity index (χ4n) is 1.53. The minimum absolute atomic E-state index is 0.550. The first kappa shape index (κ1) is 20.4. The van der Waals surface area contributed by atoms with E-state index >= 15 is 0 Å². The van der Waals surface area contributed by atoms with Gasteiger partial charge in [-0.3, -0.25) is 0 Å². The van der Waals surface area contributed by atoms with Crippen LogP contribution in [-0.2, 0) is 8.26 Å². The standard InChI is InChI=1S/C6H3ClN2S.C6H4N2S2.Cl2O2S/c7-6-9-5-4(10-6)2-1-3-8-5;9-6-8-5-4(10-6)2-1-3-7-5;1-5(2,3)4/h1-3H;1-3H,(H,7,8,9);. The molecule has 0 aliphatic carbocycles. The second kappa shape index (κ2) is 9.17. The Morgan fingerprint density at radius 2 is 1.64 bits per heavy atom. The Balaban J connectivity index is 0.000000144. The number of thiazole rings is 2. The van der Waals surface area contributed by atoms with Crippen molar-refractivity contribution < 1.29 is 8.42 Å². The number of H-pyrrole nitrogens is 1. The summed E-state index contributed by atoms with van der Waals surface area (Å²) >= 11 is 13.6. The SMILES string of the molecule is Clc1nc2ncccc2s1.O=S(=O)(Cl)Cl.S=c1[nH]c2ncccc2s1. The van der Waals surface area contributed by atoms with Gasteiger partial charge in [0.25, 0.3) is 0 Å². The molecule has 25 heavy (non-hydrogen) atoms. The molecule has 0 saturated heterocycles. The highest BCUT2D eigenvalue weighted by molar-refractivity contribution is 8.31. The second-order valence-corrected chi connectivity index (χ2v) is 11.0. The van der Waals surface area contributed by atoms with E-state index < -0.39 is 8.26 Å². The van der Waals surface area contributed by atoms with Crippen molar-refractivity contribution in [3.63, 3.8) is 0 Å². The fourth-order valence-corrected chi connectivity index (χ4v) is 3.57. The summed E-state index contributed by atoms with van der Waals surface area (Å²) in [5.41, 5.74) is 1.62. The van der Waals surface area contributed by atoms with E-state index in [0.29, 0.717) is 4.47 Å². The molecule has 0 amide bonds. The highest BCUT2D eigenvalue weighted by Crippen LogP contribution is 2.22. The van der Waals surface area contributed by atoms with Crippen LogP contribution in [-0.4, -0.2) is 28.4 Å². The van der Waals surface area contributed by atoms with E-state index in [4.69, 9.17) is 32.2 Å². The van der Waals surface area contributed by atoms with Crippen LogP contribution in [0.4, 0.5) is 0 Å². The van der Waals surface area contributed by atoms with Crippen molar-refractivity contribution in [2.45, 2.75) is 0 Å². The number of pyridine rings is 2. The zero-order valence-corrected chi connectivity index (χ0v) is 17.4. The molecule has 0 bridgehead atoms. The van der Waals surface area contributed by atoms with Crippen molar-refractivity contribution >= 4 is 96.8 Å². The lowest BCUT2D eigenvalue weighted by molar-refractivity contribution is 0.621. The van der Waals surface area contributed by atoms with Gasteiger partial charge < -0.3 is 4.98 Å². The number of hydrogen-bond donors (Lipinski definition) is 1. The maximum absolute atomic E-state index is 9.16. The molecule has 4 aromatic rings. The smallest absolute Gasteiger partial charge is 0.317 e. The number of fused-ring (bicyclic) bond motifs is 2. The molecule has 4 rings (SSSR count). The van der Waals surface area contributed by atoms with Crippen molar-refractivity contribution in [2.75, 3.05) is 0 Å². The van der Waals surface area contributed by atoms with Gasteiger partial charge in [-0.1, -0.05) is 11.6 Å². The molecule has 6 nitrogen and oxygen atoms in total. The van der Waals surface area contributed by atoms with Crippen LogP contribution in [0.15, 0.2) is 36.7 Å². The molecule has 0 saturated carbocycles. The fraction of sp³-hybridized carbons (Fsp3) is 0. The Bertz CT molecular complexity index is 1060. The van der Waals surface area contributed by atoms with Crippen molar-refractivity contribution in [3.8, 4) is 0 Å². The monoisotopic (exact) mass is 472 g/mol. The normalized spacial score (nSPS) is 10.7. The molecule has 0 aromatic carbocycles. The number of rotatable bonds is 0. The molecular formula is C12H7Cl3N4O2S4. The molecule has 0 aliphatic heterocycles. The van der Waals surface area contributed by atoms with Gasteiger partial charge in [-0.05, 0) is 36.5 Å². The summed E-state index contributed by atoms with van der Waals surface area (Å²) in [5, 5.41) is 0. The average Bonchev–Trinajstić information content (AvgIpc) is 3.06. The molecule has 0 spiro atoms. The third-order valence-corrected chi connectivity index (χ3v) is 4.64. The summed E-state index contributed by atoms with van der Waals surface area (Å²) in [6.07, 6.45) is 3.46. The van der Waals surface area contributed by atoms with Crippen LogP contribution in [0.2, 0.25) is 4.47 Å². The molecule has 13 heteroatoms. The van der Waals surface area contributed by atoms with Crippen LogP contribution in [0.5, 0.6) is 0 Å². The van der Waals surface area contributed by atoms with E-state index in [1.165, 1.54) is 11.3 Å². The molecule has 4 aromatic heterocycles. The number of aromatic nitrogens is 4. The van der Waals surface area contributed by atoms with Gasteiger partial charge in [-0.2, -0.15) is 8.42 Å². The van der Waals surface area contributed by atoms with E-state index in [-0.39, 0.29) is 0 Å². The number of aromatic amines is 1. The summed E-state index contributed by atoms with van der Waals surface area (Å²) in [6.45, 7) is 0. The number of nitrogens with one attached hydrogen (secondary N) is 1. The largest absolute Gasteiger partial charge is 0.322 e. The van der Waals surface area contributed by atoms with Crippen LogP contribution in [0.25, 0.3) is 20.7 Å². The van der Waals surface area contributed by atoms with E-state index in [1.807, 2.05) is 24.3 Å². The van der Waals surface area contributed by atoms with E-state index in [0.717, 1.165) is 24.6 Å². The Kier molecular flexibility index (Phi) is 7.50. The van der Waals surface area contributed by atoms with Gasteiger partial charge in [0.2, 0.25) is 0 Å². The zero-order chi connectivity index (χ0) is 18.4. The number of nitrogens with zero attached hydrogens (tertiary/aromatic N) is 3. The van der Waals surface area contributed by atoms with Gasteiger partial charge in [0.1, 0.15) is 5.65 Å². The average molecular weight is 474 g/mol. The zero-order valence-electron chi connectivity index (χ0n) is 11.9. The number of halogens is 3. The van der Waals surface area contributed by atoms with Crippen LogP contribution in [0, 0.1) is 3.95 Å². The molecule has 132 valence electrons. The van der Waals surface area contributed by atoms with Crippen LogP contribution < -0.4 is 0 Å².